The Morgan fingerprint density at radius 3 is 2.55 bits per heavy atom. The van der Waals surface area contributed by atoms with E-state index < -0.39 is 5.97 Å². The van der Waals surface area contributed by atoms with E-state index in [1.165, 1.54) is 25.7 Å². The third-order valence-electron chi connectivity index (χ3n) is 5.11. The molecule has 0 aliphatic carbocycles. The van der Waals surface area contributed by atoms with Crippen LogP contribution in [0.3, 0.4) is 0 Å². The topological polar surface area (TPSA) is 69.6 Å². The summed E-state index contributed by atoms with van der Waals surface area (Å²) in [6.07, 6.45) is 5.13. The van der Waals surface area contributed by atoms with E-state index in [2.05, 4.69) is 22.0 Å². The summed E-state index contributed by atoms with van der Waals surface area (Å²) in [4.78, 5) is 24.0. The normalized spacial score (nSPS) is 11.0. The van der Waals surface area contributed by atoms with Gasteiger partial charge in [-0.2, -0.15) is 0 Å². The summed E-state index contributed by atoms with van der Waals surface area (Å²) in [7, 11) is 1.50. The number of hydrogen-bond donors (Lipinski definition) is 1. The number of carbonyl (C=O) groups excluding carboxylic acids is 2. The highest BCUT2D eigenvalue weighted by atomic mass is 16.6. The lowest BCUT2D eigenvalue weighted by molar-refractivity contribution is -0.132. The zero-order valence-electron chi connectivity index (χ0n) is 18.4. The van der Waals surface area contributed by atoms with E-state index in [1.807, 2.05) is 48.7 Å². The van der Waals surface area contributed by atoms with Gasteiger partial charge in [0.2, 0.25) is 5.91 Å². The molecule has 0 radical (unpaired) electrons. The highest BCUT2D eigenvalue weighted by molar-refractivity contribution is 6.06. The van der Waals surface area contributed by atoms with Crippen LogP contribution in [0.15, 0.2) is 85.1 Å². The lowest BCUT2D eigenvalue weighted by Crippen LogP contribution is -2.09. The Hall–Kier alpha value is -4.32. The van der Waals surface area contributed by atoms with Gasteiger partial charge in [0.1, 0.15) is 0 Å². The minimum atomic E-state index is -0.446. The molecule has 0 saturated heterocycles. The van der Waals surface area contributed by atoms with Crippen LogP contribution in [-0.4, -0.2) is 23.6 Å². The molecule has 6 nitrogen and oxygen atoms in total. The van der Waals surface area contributed by atoms with Gasteiger partial charge in [0.25, 0.3) is 0 Å². The fourth-order valence-electron chi connectivity index (χ4n) is 3.65. The van der Waals surface area contributed by atoms with Crippen LogP contribution in [-0.2, 0) is 16.1 Å². The first kappa shape index (κ1) is 21.9. The third-order valence-corrected chi connectivity index (χ3v) is 5.11. The number of methoxy groups -OCH3 is 1. The Kier molecular flexibility index (Phi) is 6.55. The molecule has 0 aliphatic rings. The molecule has 4 rings (SSSR count). The summed E-state index contributed by atoms with van der Waals surface area (Å²) >= 11 is 0. The molecule has 0 saturated carbocycles. The zero-order chi connectivity index (χ0) is 23.2. The number of esters is 1. The molecule has 0 aliphatic heterocycles. The summed E-state index contributed by atoms with van der Waals surface area (Å²) in [6.45, 7) is 2.03. The monoisotopic (exact) mass is 440 g/mol. The molecule has 166 valence electrons. The third kappa shape index (κ3) is 5.30. The fourth-order valence-corrected chi connectivity index (χ4v) is 3.65. The number of ether oxygens (including phenoxy) is 2. The number of para-hydroxylation sites is 1. The number of rotatable bonds is 7. The number of fused-ring (bicyclic) bond motifs is 1. The van der Waals surface area contributed by atoms with E-state index in [4.69, 9.17) is 9.47 Å². The molecule has 6 heteroatoms. The lowest BCUT2D eigenvalue weighted by atomic mass is 10.1. The van der Waals surface area contributed by atoms with Gasteiger partial charge in [-0.25, -0.2) is 0 Å². The summed E-state index contributed by atoms with van der Waals surface area (Å²) in [5.74, 6) is 0.0345. The van der Waals surface area contributed by atoms with Gasteiger partial charge in [0.05, 0.1) is 18.3 Å². The SMILES string of the molecule is COc1ccc(/C=C/C(=O)Nc2cccc3ccn(Cc4ccccc4)c23)cc1OC(C)=O. The van der Waals surface area contributed by atoms with Crippen LogP contribution in [0.5, 0.6) is 11.5 Å². The molecule has 1 heterocycles. The minimum absolute atomic E-state index is 0.264. The van der Waals surface area contributed by atoms with Gasteiger partial charge in [0, 0.05) is 31.1 Å². The van der Waals surface area contributed by atoms with Crippen molar-refractivity contribution in [2.24, 2.45) is 0 Å². The molecule has 1 aromatic heterocycles. The Morgan fingerprint density at radius 1 is 0.970 bits per heavy atom. The van der Waals surface area contributed by atoms with Gasteiger partial charge in [0.15, 0.2) is 11.5 Å². The maximum Gasteiger partial charge on any atom is 0.308 e. The molecule has 0 fully saturated rings. The second kappa shape index (κ2) is 9.87. The van der Waals surface area contributed by atoms with Crippen LogP contribution in [0, 0.1) is 0 Å². The van der Waals surface area contributed by atoms with Crippen LogP contribution in [0.4, 0.5) is 5.69 Å². The average molecular weight is 440 g/mol. The molecule has 0 bridgehead atoms. The standard InChI is InChI=1S/C27H24N2O4/c1-19(30)33-25-17-20(11-13-24(25)32-2)12-14-26(31)28-23-10-6-9-22-15-16-29(27(22)23)18-21-7-4-3-5-8-21/h3-17H,18H2,1-2H3,(H,28,31)/b14-12+. The predicted octanol–water partition coefficient (Wildman–Crippen LogP) is 5.28. The summed E-state index contributed by atoms with van der Waals surface area (Å²) in [6, 6.07) is 23.2. The van der Waals surface area contributed by atoms with Crippen LogP contribution in [0.2, 0.25) is 0 Å². The van der Waals surface area contributed by atoms with Crippen molar-refractivity contribution in [3.8, 4) is 11.5 Å². The summed E-state index contributed by atoms with van der Waals surface area (Å²) in [5, 5.41) is 4.03. The van der Waals surface area contributed by atoms with Crippen molar-refractivity contribution in [3.63, 3.8) is 0 Å². The number of carbonyl (C=O) groups is 2. The van der Waals surface area contributed by atoms with E-state index >= 15 is 0 Å². The maximum atomic E-state index is 12.7. The Labute approximate surface area is 192 Å². The van der Waals surface area contributed by atoms with Gasteiger partial charge < -0.3 is 19.4 Å². The van der Waals surface area contributed by atoms with Gasteiger partial charge in [-0.05, 0) is 41.5 Å². The van der Waals surface area contributed by atoms with Crippen molar-refractivity contribution in [3.05, 3.63) is 96.2 Å². The maximum absolute atomic E-state index is 12.7. The molecular weight excluding hydrogens is 416 g/mol. The van der Waals surface area contributed by atoms with Gasteiger partial charge in [-0.3, -0.25) is 9.59 Å². The Balaban J connectivity index is 1.54. The molecule has 1 N–H and O–H groups in total. The van der Waals surface area contributed by atoms with Crippen LogP contribution >= 0.6 is 0 Å². The van der Waals surface area contributed by atoms with Crippen LogP contribution in [0.25, 0.3) is 17.0 Å². The second-order valence-corrected chi connectivity index (χ2v) is 7.50. The van der Waals surface area contributed by atoms with Crippen LogP contribution < -0.4 is 14.8 Å². The van der Waals surface area contributed by atoms with Crippen molar-refractivity contribution in [2.45, 2.75) is 13.5 Å². The Morgan fingerprint density at radius 2 is 1.79 bits per heavy atom. The molecular formula is C27H24N2O4. The first-order valence-electron chi connectivity index (χ1n) is 10.5. The van der Waals surface area contributed by atoms with E-state index in [-0.39, 0.29) is 5.91 Å². The first-order chi connectivity index (χ1) is 16.0. The van der Waals surface area contributed by atoms with Crippen molar-refractivity contribution in [1.82, 2.24) is 4.57 Å². The molecule has 1 amide bonds. The number of hydrogen-bond acceptors (Lipinski definition) is 4. The fraction of sp³-hybridized carbons (Fsp3) is 0.111. The molecule has 33 heavy (non-hydrogen) atoms. The smallest absolute Gasteiger partial charge is 0.308 e. The second-order valence-electron chi connectivity index (χ2n) is 7.50. The van der Waals surface area contributed by atoms with Gasteiger partial charge in [-0.15, -0.1) is 0 Å². The average Bonchev–Trinajstić information content (AvgIpc) is 3.22. The highest BCUT2D eigenvalue weighted by Crippen LogP contribution is 2.29. The summed E-state index contributed by atoms with van der Waals surface area (Å²) < 4.78 is 12.5. The molecule has 0 atom stereocenters. The number of aromatic nitrogens is 1. The quantitative estimate of drug-likeness (QED) is 0.241. The highest BCUT2D eigenvalue weighted by Gasteiger charge is 2.10. The number of benzene rings is 3. The molecule has 0 spiro atoms. The van der Waals surface area contributed by atoms with Crippen molar-refractivity contribution >= 4 is 34.5 Å². The molecule has 3 aromatic carbocycles. The molecule has 4 aromatic rings. The van der Waals surface area contributed by atoms with Crippen molar-refractivity contribution in [2.75, 3.05) is 12.4 Å². The van der Waals surface area contributed by atoms with Gasteiger partial charge >= 0.3 is 5.97 Å². The number of nitrogens with one attached hydrogen (secondary N) is 1. The van der Waals surface area contributed by atoms with E-state index in [0.717, 1.165) is 16.6 Å². The Bertz CT molecular complexity index is 1320. The predicted molar refractivity (Wildman–Crippen MR) is 129 cm³/mol. The lowest BCUT2D eigenvalue weighted by Gasteiger charge is -2.11. The largest absolute Gasteiger partial charge is 0.493 e. The van der Waals surface area contributed by atoms with Crippen LogP contribution in [0.1, 0.15) is 18.1 Å². The van der Waals surface area contributed by atoms with E-state index in [9.17, 15) is 9.59 Å². The van der Waals surface area contributed by atoms with E-state index in [0.29, 0.717) is 23.6 Å². The summed E-state index contributed by atoms with van der Waals surface area (Å²) in [5.41, 5.74) is 3.58. The number of nitrogens with zero attached hydrogens (tertiary/aromatic N) is 1. The first-order valence-corrected chi connectivity index (χ1v) is 10.5. The van der Waals surface area contributed by atoms with Crippen molar-refractivity contribution in [1.29, 1.82) is 0 Å². The van der Waals surface area contributed by atoms with Crippen molar-refractivity contribution < 1.29 is 19.1 Å². The number of anilines is 1. The minimum Gasteiger partial charge on any atom is -0.493 e. The molecule has 0 unspecified atom stereocenters. The zero-order valence-corrected chi connectivity index (χ0v) is 18.4. The number of amides is 1. The van der Waals surface area contributed by atoms with E-state index in [1.54, 1.807) is 24.3 Å². The van der Waals surface area contributed by atoms with Gasteiger partial charge in [-0.1, -0.05) is 48.5 Å².